The van der Waals surface area contributed by atoms with E-state index < -0.39 is 0 Å². The standard InChI is InChI=1S/C17H23NO/c19-16(8-12-1-3-18-4-2-12)17-9-13-5-14(10-17)7-15(6-13)11-17/h1-4,13-16,19H,5-11H2. The van der Waals surface area contributed by atoms with E-state index in [9.17, 15) is 5.11 Å². The highest BCUT2D eigenvalue weighted by Gasteiger charge is 2.53. The van der Waals surface area contributed by atoms with Crippen LogP contribution in [0.4, 0.5) is 0 Å². The zero-order valence-corrected chi connectivity index (χ0v) is 11.5. The Balaban J connectivity index is 1.55. The maximum atomic E-state index is 10.8. The zero-order chi connectivity index (χ0) is 12.9. The van der Waals surface area contributed by atoms with Gasteiger partial charge in [-0.1, -0.05) is 0 Å². The van der Waals surface area contributed by atoms with E-state index in [2.05, 4.69) is 4.98 Å². The van der Waals surface area contributed by atoms with Crippen molar-refractivity contribution in [3.05, 3.63) is 30.1 Å². The SMILES string of the molecule is OC(Cc1ccncc1)C12CC3CC(CC(C3)C1)C2. The fourth-order valence-electron chi connectivity index (χ4n) is 5.54. The van der Waals surface area contributed by atoms with Crippen LogP contribution in [0.5, 0.6) is 0 Å². The summed E-state index contributed by atoms with van der Waals surface area (Å²) in [5.74, 6) is 2.75. The van der Waals surface area contributed by atoms with E-state index in [4.69, 9.17) is 0 Å². The lowest BCUT2D eigenvalue weighted by Crippen LogP contribution is -2.52. The molecule has 1 aromatic rings. The summed E-state index contributed by atoms with van der Waals surface area (Å²) in [5.41, 5.74) is 1.48. The molecule has 1 heterocycles. The fraction of sp³-hybridized carbons (Fsp3) is 0.706. The van der Waals surface area contributed by atoms with Crippen LogP contribution >= 0.6 is 0 Å². The quantitative estimate of drug-likeness (QED) is 0.902. The molecule has 4 fully saturated rings. The smallest absolute Gasteiger partial charge is 0.0637 e. The van der Waals surface area contributed by atoms with Gasteiger partial charge in [-0.25, -0.2) is 0 Å². The van der Waals surface area contributed by atoms with Crippen LogP contribution < -0.4 is 0 Å². The molecular weight excluding hydrogens is 234 g/mol. The van der Waals surface area contributed by atoms with E-state index >= 15 is 0 Å². The highest BCUT2D eigenvalue weighted by Crippen LogP contribution is 2.61. The van der Waals surface area contributed by atoms with Crippen molar-refractivity contribution in [2.45, 2.75) is 51.0 Å². The minimum Gasteiger partial charge on any atom is -0.392 e. The summed E-state index contributed by atoms with van der Waals surface area (Å²) in [6.07, 6.45) is 12.5. The van der Waals surface area contributed by atoms with Gasteiger partial charge in [-0.05, 0) is 85.8 Å². The van der Waals surface area contributed by atoms with E-state index in [0.717, 1.165) is 24.2 Å². The van der Waals surface area contributed by atoms with E-state index in [-0.39, 0.29) is 11.5 Å². The second kappa shape index (κ2) is 4.31. The van der Waals surface area contributed by atoms with Gasteiger partial charge in [-0.15, -0.1) is 0 Å². The van der Waals surface area contributed by atoms with Crippen LogP contribution in [-0.4, -0.2) is 16.2 Å². The summed E-state index contributed by atoms with van der Waals surface area (Å²) < 4.78 is 0. The number of pyridine rings is 1. The van der Waals surface area contributed by atoms with Gasteiger partial charge in [0.2, 0.25) is 0 Å². The van der Waals surface area contributed by atoms with Crippen LogP contribution in [-0.2, 0) is 6.42 Å². The molecule has 1 N–H and O–H groups in total. The maximum Gasteiger partial charge on any atom is 0.0637 e. The van der Waals surface area contributed by atoms with Crippen LogP contribution in [0.15, 0.2) is 24.5 Å². The summed E-state index contributed by atoms with van der Waals surface area (Å²) in [4.78, 5) is 4.06. The lowest BCUT2D eigenvalue weighted by atomic mass is 9.48. The van der Waals surface area contributed by atoms with Gasteiger partial charge < -0.3 is 5.11 Å². The third-order valence-corrected chi connectivity index (χ3v) is 5.97. The second-order valence-corrected chi connectivity index (χ2v) is 7.36. The highest BCUT2D eigenvalue weighted by molar-refractivity contribution is 5.14. The molecule has 2 nitrogen and oxygen atoms in total. The molecule has 0 saturated heterocycles. The molecule has 0 amide bonds. The minimum atomic E-state index is -0.150. The molecule has 0 aromatic carbocycles. The van der Waals surface area contributed by atoms with Gasteiger partial charge in [0.1, 0.15) is 0 Å². The van der Waals surface area contributed by atoms with Crippen LogP contribution in [0.25, 0.3) is 0 Å². The number of aliphatic hydroxyl groups excluding tert-OH is 1. The number of aliphatic hydroxyl groups is 1. The maximum absolute atomic E-state index is 10.8. The first-order valence-corrected chi connectivity index (χ1v) is 7.80. The van der Waals surface area contributed by atoms with Crippen molar-refractivity contribution in [2.24, 2.45) is 23.2 Å². The van der Waals surface area contributed by atoms with E-state index in [1.807, 2.05) is 24.5 Å². The van der Waals surface area contributed by atoms with Crippen molar-refractivity contribution in [1.82, 2.24) is 4.98 Å². The summed E-state index contributed by atoms with van der Waals surface area (Å²) in [6.45, 7) is 0. The highest BCUT2D eigenvalue weighted by atomic mass is 16.3. The van der Waals surface area contributed by atoms with Gasteiger partial charge in [-0.3, -0.25) is 4.98 Å². The molecule has 2 heteroatoms. The number of nitrogens with zero attached hydrogens (tertiary/aromatic N) is 1. The molecule has 0 aliphatic heterocycles. The van der Waals surface area contributed by atoms with Crippen LogP contribution in [0.2, 0.25) is 0 Å². The van der Waals surface area contributed by atoms with Crippen molar-refractivity contribution < 1.29 is 5.11 Å². The van der Waals surface area contributed by atoms with Gasteiger partial charge in [0.05, 0.1) is 6.10 Å². The van der Waals surface area contributed by atoms with Gasteiger partial charge in [0.15, 0.2) is 0 Å². The number of hydrogen-bond donors (Lipinski definition) is 1. The number of rotatable bonds is 3. The van der Waals surface area contributed by atoms with Gasteiger partial charge in [0, 0.05) is 12.4 Å². The Morgan fingerprint density at radius 3 is 2.11 bits per heavy atom. The molecule has 5 rings (SSSR count). The van der Waals surface area contributed by atoms with Crippen molar-refractivity contribution in [3.63, 3.8) is 0 Å². The molecule has 1 unspecified atom stereocenters. The Morgan fingerprint density at radius 2 is 1.58 bits per heavy atom. The lowest BCUT2D eigenvalue weighted by Gasteiger charge is -2.58. The van der Waals surface area contributed by atoms with Gasteiger partial charge in [0.25, 0.3) is 0 Å². The van der Waals surface area contributed by atoms with E-state index in [0.29, 0.717) is 0 Å². The predicted molar refractivity (Wildman–Crippen MR) is 74.6 cm³/mol. The van der Waals surface area contributed by atoms with E-state index in [1.54, 1.807) is 0 Å². The Bertz CT molecular complexity index is 420. The topological polar surface area (TPSA) is 33.1 Å². The Hall–Kier alpha value is -0.890. The third-order valence-electron chi connectivity index (χ3n) is 5.97. The Morgan fingerprint density at radius 1 is 1.05 bits per heavy atom. The van der Waals surface area contributed by atoms with E-state index in [1.165, 1.54) is 44.1 Å². The molecule has 0 spiro atoms. The summed E-state index contributed by atoms with van der Waals surface area (Å²) in [6, 6.07) is 4.09. The first kappa shape index (κ1) is 11.9. The van der Waals surface area contributed by atoms with Crippen molar-refractivity contribution in [3.8, 4) is 0 Å². The average molecular weight is 257 g/mol. The minimum absolute atomic E-state index is 0.150. The Labute approximate surface area is 115 Å². The molecule has 4 saturated carbocycles. The fourth-order valence-corrected chi connectivity index (χ4v) is 5.54. The summed E-state index contributed by atoms with van der Waals surface area (Å²) in [7, 11) is 0. The molecule has 19 heavy (non-hydrogen) atoms. The average Bonchev–Trinajstić information content (AvgIpc) is 2.38. The predicted octanol–water partition coefficient (Wildman–Crippen LogP) is 3.20. The van der Waals surface area contributed by atoms with Crippen molar-refractivity contribution in [2.75, 3.05) is 0 Å². The van der Waals surface area contributed by atoms with Gasteiger partial charge >= 0.3 is 0 Å². The molecule has 4 aliphatic rings. The molecule has 1 atom stereocenters. The third kappa shape index (κ3) is 2.01. The molecule has 0 radical (unpaired) electrons. The zero-order valence-electron chi connectivity index (χ0n) is 11.5. The lowest BCUT2D eigenvalue weighted by molar-refractivity contribution is -0.119. The Kier molecular flexibility index (Phi) is 2.70. The second-order valence-electron chi connectivity index (χ2n) is 7.36. The van der Waals surface area contributed by atoms with Crippen LogP contribution in [0.3, 0.4) is 0 Å². The molecule has 4 bridgehead atoms. The normalized spacial score (nSPS) is 41.4. The molecule has 102 valence electrons. The molecule has 1 aromatic heterocycles. The van der Waals surface area contributed by atoms with Crippen molar-refractivity contribution >= 4 is 0 Å². The first-order valence-electron chi connectivity index (χ1n) is 7.80. The monoisotopic (exact) mass is 257 g/mol. The molecular formula is C17H23NO. The summed E-state index contributed by atoms with van der Waals surface area (Å²) >= 11 is 0. The number of hydrogen-bond acceptors (Lipinski definition) is 2. The first-order chi connectivity index (χ1) is 9.23. The van der Waals surface area contributed by atoms with Crippen LogP contribution in [0.1, 0.15) is 44.1 Å². The van der Waals surface area contributed by atoms with Crippen LogP contribution in [0, 0.1) is 23.2 Å². The number of aromatic nitrogens is 1. The van der Waals surface area contributed by atoms with Gasteiger partial charge in [-0.2, -0.15) is 0 Å². The summed E-state index contributed by atoms with van der Waals surface area (Å²) in [5, 5.41) is 10.8. The molecule has 4 aliphatic carbocycles. The van der Waals surface area contributed by atoms with Crippen molar-refractivity contribution in [1.29, 1.82) is 0 Å². The largest absolute Gasteiger partial charge is 0.392 e.